The number of hydrogen-bond donors (Lipinski definition) is 1. The maximum Gasteiger partial charge on any atom is 0.294 e. The van der Waals surface area contributed by atoms with Crippen molar-refractivity contribution < 1.29 is 14.5 Å². The lowest BCUT2D eigenvalue weighted by atomic mass is 10.2. The minimum Gasteiger partial charge on any atom is -0.320 e. The summed E-state index contributed by atoms with van der Waals surface area (Å²) in [5.41, 5.74) is -0.312. The highest BCUT2D eigenvalue weighted by Crippen LogP contribution is 2.27. The molecule has 0 radical (unpaired) electrons. The van der Waals surface area contributed by atoms with Gasteiger partial charge in [0.25, 0.3) is 5.69 Å². The highest BCUT2D eigenvalue weighted by molar-refractivity contribution is 7.12. The van der Waals surface area contributed by atoms with Crippen molar-refractivity contribution in [1.29, 1.82) is 0 Å². The number of rotatable bonds is 5. The molecule has 0 spiro atoms. The third-order valence-electron chi connectivity index (χ3n) is 2.55. The van der Waals surface area contributed by atoms with E-state index in [0.717, 1.165) is 6.07 Å². The Bertz CT molecular complexity index is 700. The molecule has 0 bridgehead atoms. The van der Waals surface area contributed by atoms with Gasteiger partial charge in [-0.25, -0.2) is 0 Å². The molecule has 2 rings (SSSR count). The molecular weight excluding hydrogens is 316 g/mol. The van der Waals surface area contributed by atoms with Crippen LogP contribution in [0.4, 0.5) is 11.4 Å². The molecule has 8 heteroatoms. The molecule has 0 atom stereocenters. The van der Waals surface area contributed by atoms with Crippen LogP contribution in [0.2, 0.25) is 5.02 Å². The Morgan fingerprint density at radius 3 is 2.71 bits per heavy atom. The molecule has 0 saturated carbocycles. The highest BCUT2D eigenvalue weighted by Gasteiger charge is 2.18. The summed E-state index contributed by atoms with van der Waals surface area (Å²) in [6.45, 7) is 0. The standard InChI is InChI=1S/C13H9ClN2O4S/c14-8-3-4-9(10(6-8)16(19)20)15-13(18)7-11(17)12-2-1-5-21-12/h1-6H,7H2,(H,15,18). The smallest absolute Gasteiger partial charge is 0.294 e. The lowest BCUT2D eigenvalue weighted by Crippen LogP contribution is -2.16. The van der Waals surface area contributed by atoms with E-state index in [9.17, 15) is 19.7 Å². The normalized spacial score (nSPS) is 10.1. The van der Waals surface area contributed by atoms with E-state index in [1.54, 1.807) is 17.5 Å². The number of ketones is 1. The van der Waals surface area contributed by atoms with Crippen molar-refractivity contribution >= 4 is 46.0 Å². The van der Waals surface area contributed by atoms with E-state index in [1.807, 2.05) is 0 Å². The largest absolute Gasteiger partial charge is 0.320 e. The predicted molar refractivity (Wildman–Crippen MR) is 80.0 cm³/mol. The molecule has 6 nitrogen and oxygen atoms in total. The quantitative estimate of drug-likeness (QED) is 0.394. The number of nitrogens with one attached hydrogen (secondary N) is 1. The van der Waals surface area contributed by atoms with E-state index < -0.39 is 10.8 Å². The molecule has 0 fully saturated rings. The molecule has 21 heavy (non-hydrogen) atoms. The van der Waals surface area contributed by atoms with Crippen LogP contribution >= 0.6 is 22.9 Å². The molecule has 0 aliphatic heterocycles. The summed E-state index contributed by atoms with van der Waals surface area (Å²) < 4.78 is 0. The van der Waals surface area contributed by atoms with Crippen molar-refractivity contribution in [3.05, 3.63) is 55.7 Å². The number of thiophene rings is 1. The summed E-state index contributed by atoms with van der Waals surface area (Å²) in [5.74, 6) is -0.946. The Labute approximate surface area is 128 Å². The fourth-order valence-corrected chi connectivity index (χ4v) is 2.46. The van der Waals surface area contributed by atoms with Crippen LogP contribution in [0.5, 0.6) is 0 Å². The first-order valence-electron chi connectivity index (χ1n) is 5.78. The van der Waals surface area contributed by atoms with E-state index in [-0.39, 0.29) is 28.6 Å². The van der Waals surface area contributed by atoms with Gasteiger partial charge in [-0.1, -0.05) is 17.7 Å². The van der Waals surface area contributed by atoms with Crippen molar-refractivity contribution in [2.75, 3.05) is 5.32 Å². The molecule has 108 valence electrons. The summed E-state index contributed by atoms with van der Waals surface area (Å²) in [4.78, 5) is 34.3. The number of anilines is 1. The van der Waals surface area contributed by atoms with Crippen LogP contribution in [0.3, 0.4) is 0 Å². The van der Waals surface area contributed by atoms with E-state index >= 15 is 0 Å². The molecule has 0 unspecified atom stereocenters. The van der Waals surface area contributed by atoms with Crippen LogP contribution < -0.4 is 5.32 Å². The number of carbonyl (C=O) groups is 2. The zero-order chi connectivity index (χ0) is 15.4. The second-order valence-corrected chi connectivity index (χ2v) is 5.43. The van der Waals surface area contributed by atoms with Crippen molar-refractivity contribution in [3.63, 3.8) is 0 Å². The average Bonchev–Trinajstić information content (AvgIpc) is 2.94. The molecule has 1 aromatic heterocycles. The minimum atomic E-state index is -0.650. The maximum atomic E-state index is 11.8. The first-order chi connectivity index (χ1) is 9.97. The number of halogens is 1. The molecule has 1 heterocycles. The van der Waals surface area contributed by atoms with Crippen LogP contribution in [-0.4, -0.2) is 16.6 Å². The van der Waals surface area contributed by atoms with Crippen molar-refractivity contribution in [1.82, 2.24) is 0 Å². The van der Waals surface area contributed by atoms with Gasteiger partial charge in [0, 0.05) is 11.1 Å². The van der Waals surface area contributed by atoms with Crippen LogP contribution in [0.15, 0.2) is 35.7 Å². The van der Waals surface area contributed by atoms with Crippen molar-refractivity contribution in [2.24, 2.45) is 0 Å². The number of amides is 1. The zero-order valence-corrected chi connectivity index (χ0v) is 12.1. The Morgan fingerprint density at radius 1 is 1.33 bits per heavy atom. The Balaban J connectivity index is 2.10. The first kappa shape index (κ1) is 15.1. The molecular formula is C13H9ClN2O4S. The van der Waals surface area contributed by atoms with E-state index in [0.29, 0.717) is 4.88 Å². The SMILES string of the molecule is O=C(CC(=O)c1cccs1)Nc1ccc(Cl)cc1[N+](=O)[O-]. The van der Waals surface area contributed by atoms with Gasteiger partial charge in [-0.05, 0) is 23.6 Å². The van der Waals surface area contributed by atoms with Crippen molar-refractivity contribution in [2.45, 2.75) is 6.42 Å². The van der Waals surface area contributed by atoms with E-state index in [2.05, 4.69) is 5.32 Å². The van der Waals surface area contributed by atoms with Gasteiger partial charge in [0.05, 0.1) is 16.2 Å². The number of hydrogen-bond acceptors (Lipinski definition) is 5. The molecule has 0 saturated heterocycles. The summed E-state index contributed by atoms with van der Waals surface area (Å²) in [5, 5.41) is 15.2. The Kier molecular flexibility index (Phi) is 4.66. The molecule has 1 N–H and O–H groups in total. The molecule has 2 aromatic rings. The summed E-state index contributed by atoms with van der Waals surface area (Å²) in [6, 6.07) is 7.21. The van der Waals surface area contributed by atoms with Crippen molar-refractivity contribution in [3.8, 4) is 0 Å². The highest BCUT2D eigenvalue weighted by atomic mass is 35.5. The second-order valence-electron chi connectivity index (χ2n) is 4.04. The van der Waals surface area contributed by atoms with E-state index in [1.165, 1.54) is 23.5 Å². The van der Waals surface area contributed by atoms with Gasteiger partial charge in [-0.15, -0.1) is 11.3 Å². The third kappa shape index (κ3) is 3.87. The van der Waals surface area contributed by atoms with Gasteiger partial charge in [-0.2, -0.15) is 0 Å². The average molecular weight is 325 g/mol. The fourth-order valence-electron chi connectivity index (χ4n) is 1.63. The van der Waals surface area contributed by atoms with Gasteiger partial charge >= 0.3 is 0 Å². The summed E-state index contributed by atoms with van der Waals surface area (Å²) >= 11 is 6.91. The van der Waals surface area contributed by atoms with E-state index in [4.69, 9.17) is 11.6 Å². The first-order valence-corrected chi connectivity index (χ1v) is 7.03. The maximum absolute atomic E-state index is 11.8. The molecule has 1 amide bonds. The Morgan fingerprint density at radius 2 is 2.10 bits per heavy atom. The van der Waals surface area contributed by atoms with Gasteiger partial charge in [-0.3, -0.25) is 19.7 Å². The summed E-state index contributed by atoms with van der Waals surface area (Å²) in [6.07, 6.45) is -0.375. The number of nitrogens with zero attached hydrogens (tertiary/aromatic N) is 1. The van der Waals surface area contributed by atoms with Gasteiger partial charge in [0.1, 0.15) is 5.69 Å². The lowest BCUT2D eigenvalue weighted by Gasteiger charge is -2.05. The molecule has 0 aliphatic carbocycles. The van der Waals surface area contributed by atoms with Gasteiger partial charge in [0.15, 0.2) is 5.78 Å². The number of benzene rings is 1. The Hall–Kier alpha value is -2.25. The fraction of sp³-hybridized carbons (Fsp3) is 0.0769. The number of carbonyl (C=O) groups excluding carboxylic acids is 2. The van der Waals surface area contributed by atoms with Crippen LogP contribution in [0.1, 0.15) is 16.1 Å². The third-order valence-corrected chi connectivity index (χ3v) is 3.69. The molecule has 0 aliphatic rings. The predicted octanol–water partition coefficient (Wildman–Crippen LogP) is 3.52. The topological polar surface area (TPSA) is 89.3 Å². The zero-order valence-electron chi connectivity index (χ0n) is 10.5. The number of nitro groups is 1. The second kappa shape index (κ2) is 6.47. The van der Waals surface area contributed by atoms with Crippen LogP contribution in [-0.2, 0) is 4.79 Å². The monoisotopic (exact) mass is 324 g/mol. The number of Topliss-reactive ketones (excluding diaryl/α,β-unsaturated/α-hetero) is 1. The number of nitro benzene ring substituents is 1. The van der Waals surface area contributed by atoms with Gasteiger partial charge in [0.2, 0.25) is 5.91 Å². The van der Waals surface area contributed by atoms with Crippen LogP contribution in [0, 0.1) is 10.1 Å². The molecule has 1 aromatic carbocycles. The summed E-state index contributed by atoms with van der Waals surface area (Å²) in [7, 11) is 0. The van der Waals surface area contributed by atoms with Gasteiger partial charge < -0.3 is 5.32 Å². The minimum absolute atomic E-state index is 0.00776. The van der Waals surface area contributed by atoms with Crippen LogP contribution in [0.25, 0.3) is 0 Å². The lowest BCUT2D eigenvalue weighted by molar-refractivity contribution is -0.383.